The number of hydrogen-bond donors (Lipinski definition) is 2. The lowest BCUT2D eigenvalue weighted by Crippen LogP contribution is -2.26. The molecule has 15 heavy (non-hydrogen) atoms. The molecule has 80 valence electrons. The van der Waals surface area contributed by atoms with Gasteiger partial charge in [-0.3, -0.25) is 0 Å². The van der Waals surface area contributed by atoms with Crippen LogP contribution in [0, 0.1) is 0 Å². The molecule has 4 heteroatoms. The number of ether oxygens (including phenoxy) is 1. The Bertz CT molecular complexity index is 365. The SMILES string of the molecule is Nc1cccc(CC[C@H]2COC(=O)N2)c1. The van der Waals surface area contributed by atoms with Crippen molar-refractivity contribution in [3.05, 3.63) is 29.8 Å². The number of nitrogens with one attached hydrogen (secondary N) is 1. The standard InChI is InChI=1S/C11H14N2O2/c12-9-3-1-2-8(6-9)4-5-10-7-15-11(14)13-10/h1-3,6,10H,4-5,7,12H2,(H,13,14)/t10-/m0/s1. The van der Waals surface area contributed by atoms with Crippen molar-refractivity contribution in [2.24, 2.45) is 0 Å². The zero-order chi connectivity index (χ0) is 10.7. The topological polar surface area (TPSA) is 64.3 Å². The monoisotopic (exact) mass is 206 g/mol. The Balaban J connectivity index is 1.85. The molecule has 0 spiro atoms. The van der Waals surface area contributed by atoms with E-state index >= 15 is 0 Å². The molecule has 1 heterocycles. The minimum absolute atomic E-state index is 0.138. The largest absolute Gasteiger partial charge is 0.447 e. The average molecular weight is 206 g/mol. The number of cyclic esters (lactones) is 1. The van der Waals surface area contributed by atoms with E-state index in [1.54, 1.807) is 0 Å². The van der Waals surface area contributed by atoms with E-state index in [0.717, 1.165) is 18.5 Å². The molecule has 1 amide bonds. The quantitative estimate of drug-likeness (QED) is 0.733. The summed E-state index contributed by atoms with van der Waals surface area (Å²) >= 11 is 0. The molecular weight excluding hydrogens is 192 g/mol. The van der Waals surface area contributed by atoms with Gasteiger partial charge < -0.3 is 15.8 Å². The summed E-state index contributed by atoms with van der Waals surface area (Å²) in [6.07, 6.45) is 1.47. The molecule has 0 unspecified atom stereocenters. The molecule has 1 saturated heterocycles. The Kier molecular flexibility index (Phi) is 2.76. The molecule has 0 radical (unpaired) electrons. The van der Waals surface area contributed by atoms with Crippen molar-refractivity contribution in [1.82, 2.24) is 5.32 Å². The molecule has 1 atom stereocenters. The van der Waals surface area contributed by atoms with E-state index < -0.39 is 0 Å². The predicted molar refractivity (Wildman–Crippen MR) is 57.4 cm³/mol. The van der Waals surface area contributed by atoms with Crippen LogP contribution in [-0.2, 0) is 11.2 Å². The summed E-state index contributed by atoms with van der Waals surface area (Å²) in [6.45, 7) is 0.473. The number of nitrogens with two attached hydrogens (primary N) is 1. The van der Waals surface area contributed by atoms with Crippen molar-refractivity contribution in [1.29, 1.82) is 0 Å². The molecule has 0 aromatic heterocycles. The summed E-state index contributed by atoms with van der Waals surface area (Å²) in [6, 6.07) is 7.93. The Labute approximate surface area is 88.4 Å². The fourth-order valence-corrected chi connectivity index (χ4v) is 1.67. The summed E-state index contributed by atoms with van der Waals surface area (Å²) in [5, 5.41) is 2.75. The molecular formula is C11H14N2O2. The normalized spacial score (nSPS) is 19.7. The molecule has 0 bridgehead atoms. The lowest BCUT2D eigenvalue weighted by atomic mass is 10.1. The number of carbonyl (C=O) groups is 1. The fourth-order valence-electron chi connectivity index (χ4n) is 1.67. The highest BCUT2D eigenvalue weighted by molar-refractivity contribution is 5.69. The van der Waals surface area contributed by atoms with Gasteiger partial charge in [-0.05, 0) is 30.5 Å². The number of alkyl carbamates (subject to hydrolysis) is 1. The molecule has 1 aromatic carbocycles. The second-order valence-corrected chi connectivity index (χ2v) is 3.72. The molecule has 0 saturated carbocycles. The van der Waals surface area contributed by atoms with Crippen molar-refractivity contribution in [2.45, 2.75) is 18.9 Å². The van der Waals surface area contributed by atoms with Gasteiger partial charge >= 0.3 is 6.09 Å². The molecule has 2 rings (SSSR count). The Morgan fingerprint density at radius 1 is 1.53 bits per heavy atom. The fraction of sp³-hybridized carbons (Fsp3) is 0.364. The lowest BCUT2D eigenvalue weighted by Gasteiger charge is -2.07. The number of nitrogen functional groups attached to an aromatic ring is 1. The van der Waals surface area contributed by atoms with Crippen molar-refractivity contribution in [2.75, 3.05) is 12.3 Å². The third-order valence-electron chi connectivity index (χ3n) is 2.47. The van der Waals surface area contributed by atoms with Gasteiger partial charge in [0, 0.05) is 5.69 Å². The number of rotatable bonds is 3. The van der Waals surface area contributed by atoms with Crippen LogP contribution in [0.5, 0.6) is 0 Å². The van der Waals surface area contributed by atoms with Crippen molar-refractivity contribution >= 4 is 11.8 Å². The highest BCUT2D eigenvalue weighted by atomic mass is 16.6. The summed E-state index contributed by atoms with van der Waals surface area (Å²) < 4.78 is 4.80. The summed E-state index contributed by atoms with van der Waals surface area (Å²) in [4.78, 5) is 10.8. The Hall–Kier alpha value is -1.71. The van der Waals surface area contributed by atoms with Crippen LogP contribution in [0.3, 0.4) is 0 Å². The maximum Gasteiger partial charge on any atom is 0.407 e. The lowest BCUT2D eigenvalue weighted by molar-refractivity contribution is 0.176. The Morgan fingerprint density at radius 3 is 3.07 bits per heavy atom. The summed E-state index contributed by atoms with van der Waals surface area (Å²) in [7, 11) is 0. The maximum absolute atomic E-state index is 10.8. The molecule has 0 aliphatic carbocycles. The second kappa shape index (κ2) is 4.21. The predicted octanol–water partition coefficient (Wildman–Crippen LogP) is 1.31. The minimum atomic E-state index is -0.312. The van der Waals surface area contributed by atoms with Gasteiger partial charge in [-0.15, -0.1) is 0 Å². The second-order valence-electron chi connectivity index (χ2n) is 3.72. The van der Waals surface area contributed by atoms with Gasteiger partial charge in [0.1, 0.15) is 6.61 Å². The van der Waals surface area contributed by atoms with Crippen LogP contribution in [0.4, 0.5) is 10.5 Å². The first-order chi connectivity index (χ1) is 7.24. The van der Waals surface area contributed by atoms with Crippen molar-refractivity contribution < 1.29 is 9.53 Å². The number of hydrogen-bond acceptors (Lipinski definition) is 3. The van der Waals surface area contributed by atoms with Gasteiger partial charge in [0.05, 0.1) is 6.04 Å². The van der Waals surface area contributed by atoms with Gasteiger partial charge in [-0.1, -0.05) is 12.1 Å². The summed E-state index contributed by atoms with van der Waals surface area (Å²) in [5.41, 5.74) is 7.64. The maximum atomic E-state index is 10.8. The molecule has 4 nitrogen and oxygen atoms in total. The minimum Gasteiger partial charge on any atom is -0.447 e. The van der Waals surface area contributed by atoms with Crippen molar-refractivity contribution in [3.63, 3.8) is 0 Å². The van der Waals surface area contributed by atoms with Crippen molar-refractivity contribution in [3.8, 4) is 0 Å². The number of aryl methyl sites for hydroxylation is 1. The number of amides is 1. The molecule has 3 N–H and O–H groups in total. The first-order valence-electron chi connectivity index (χ1n) is 5.02. The van der Waals surface area contributed by atoms with Gasteiger partial charge in [0.25, 0.3) is 0 Å². The number of carbonyl (C=O) groups excluding carboxylic acids is 1. The van der Waals surface area contributed by atoms with Gasteiger partial charge in [-0.25, -0.2) is 4.79 Å². The van der Waals surface area contributed by atoms with E-state index in [-0.39, 0.29) is 12.1 Å². The van der Waals surface area contributed by atoms with Crippen LogP contribution in [-0.4, -0.2) is 18.7 Å². The molecule has 1 aliphatic heterocycles. The summed E-state index contributed by atoms with van der Waals surface area (Å²) in [5.74, 6) is 0. The zero-order valence-corrected chi connectivity index (χ0v) is 8.40. The first kappa shape index (κ1) is 9.83. The third-order valence-corrected chi connectivity index (χ3v) is 2.47. The van der Waals surface area contributed by atoms with Crippen LogP contribution in [0.2, 0.25) is 0 Å². The van der Waals surface area contributed by atoms with E-state index in [1.165, 1.54) is 5.56 Å². The molecule has 1 aliphatic rings. The van der Waals surface area contributed by atoms with E-state index in [4.69, 9.17) is 10.5 Å². The number of benzene rings is 1. The van der Waals surface area contributed by atoms with E-state index in [2.05, 4.69) is 5.32 Å². The highest BCUT2D eigenvalue weighted by Gasteiger charge is 2.21. The van der Waals surface area contributed by atoms with E-state index in [0.29, 0.717) is 6.61 Å². The van der Waals surface area contributed by atoms with Gasteiger partial charge in [0.2, 0.25) is 0 Å². The van der Waals surface area contributed by atoms with Crippen LogP contribution in [0.25, 0.3) is 0 Å². The third kappa shape index (κ3) is 2.62. The van der Waals surface area contributed by atoms with Gasteiger partial charge in [-0.2, -0.15) is 0 Å². The van der Waals surface area contributed by atoms with Crippen LogP contribution < -0.4 is 11.1 Å². The highest BCUT2D eigenvalue weighted by Crippen LogP contribution is 2.11. The average Bonchev–Trinajstić information content (AvgIpc) is 2.62. The van der Waals surface area contributed by atoms with E-state index in [9.17, 15) is 4.79 Å². The Morgan fingerprint density at radius 2 is 2.40 bits per heavy atom. The van der Waals surface area contributed by atoms with Crippen LogP contribution in [0.1, 0.15) is 12.0 Å². The smallest absolute Gasteiger partial charge is 0.407 e. The van der Waals surface area contributed by atoms with Gasteiger partial charge in [0.15, 0.2) is 0 Å². The zero-order valence-electron chi connectivity index (χ0n) is 8.40. The molecule has 1 aromatic rings. The van der Waals surface area contributed by atoms with Crippen LogP contribution in [0.15, 0.2) is 24.3 Å². The first-order valence-corrected chi connectivity index (χ1v) is 5.02. The molecule has 1 fully saturated rings. The van der Waals surface area contributed by atoms with Crippen LogP contribution >= 0.6 is 0 Å². The van der Waals surface area contributed by atoms with E-state index in [1.807, 2.05) is 24.3 Å². The number of anilines is 1.